The molecule has 61 valence electrons. The van der Waals surface area contributed by atoms with Crippen molar-refractivity contribution in [1.29, 1.82) is 0 Å². The van der Waals surface area contributed by atoms with Crippen LogP contribution in [0.2, 0.25) is 0 Å². The van der Waals surface area contributed by atoms with Crippen molar-refractivity contribution in [3.8, 4) is 0 Å². The first kappa shape index (κ1) is 8.97. The second kappa shape index (κ2) is 3.52. The minimum atomic E-state index is -2.80. The van der Waals surface area contributed by atoms with Crippen molar-refractivity contribution in [1.82, 2.24) is 0 Å². The molecule has 0 aromatic heterocycles. The van der Waals surface area contributed by atoms with Crippen molar-refractivity contribution in [3.05, 3.63) is 54.9 Å². The molecule has 1 radical (unpaired) electrons. The Morgan fingerprint density at radius 2 is 1.58 bits per heavy atom. The molecule has 0 fully saturated rings. The molecule has 0 amide bonds. The summed E-state index contributed by atoms with van der Waals surface area (Å²) in [6, 6.07) is 9.29. The Morgan fingerprint density at radius 3 is 2.00 bits per heavy atom. The number of rotatable bonds is 3. The Hall–Kier alpha value is -1.12. The molecule has 1 rings (SSSR count). The normalized spacial score (nSPS) is 10.8. The minimum Gasteiger partial charge on any atom is -0.280 e. The Labute approximate surface area is 73.8 Å². The van der Waals surface area contributed by atoms with E-state index in [1.807, 2.05) is 30.3 Å². The predicted molar refractivity (Wildman–Crippen MR) is 52.9 cm³/mol. The number of benzene rings is 1. The van der Waals surface area contributed by atoms with E-state index in [2.05, 4.69) is 13.2 Å². The van der Waals surface area contributed by atoms with Crippen molar-refractivity contribution in [2.45, 2.75) is 0 Å². The second-order valence-electron chi connectivity index (χ2n) is 2.57. The van der Waals surface area contributed by atoms with E-state index in [0.717, 1.165) is 5.19 Å². The predicted octanol–water partition coefficient (Wildman–Crippen LogP) is 1.72. The fraction of sp³-hybridized carbons (Fsp3) is 0. The smallest absolute Gasteiger partial charge is 0.280 e. The molecule has 12 heavy (non-hydrogen) atoms. The third-order valence-corrected chi connectivity index (χ3v) is 4.28. The molecule has 0 aliphatic rings. The molecule has 1 aromatic carbocycles. The molecule has 0 heterocycles. The maximum Gasteiger partial charge on any atom is 0.314 e. The lowest BCUT2D eigenvalue weighted by molar-refractivity contribution is 0.454. The monoisotopic (exact) mass is 175 g/mol. The van der Waals surface area contributed by atoms with Crippen LogP contribution in [0.4, 0.5) is 0 Å². The van der Waals surface area contributed by atoms with Gasteiger partial charge in [0.1, 0.15) is 0 Å². The molecule has 2 heteroatoms. The summed E-state index contributed by atoms with van der Waals surface area (Å²) in [6.45, 7) is 7.12. The number of hydrogen-bond donors (Lipinski definition) is 0. The fourth-order valence-electron chi connectivity index (χ4n) is 1.02. The molecular weight excluding hydrogens is 164 g/mol. The van der Waals surface area contributed by atoms with Crippen LogP contribution in [0.15, 0.2) is 54.9 Å². The zero-order chi connectivity index (χ0) is 9.03. The van der Waals surface area contributed by atoms with Crippen LogP contribution in [0.1, 0.15) is 0 Å². The van der Waals surface area contributed by atoms with E-state index >= 15 is 0 Å². The maximum absolute atomic E-state index is 11.9. The molecule has 0 atom stereocenters. The molecule has 0 saturated heterocycles. The topological polar surface area (TPSA) is 19.9 Å². The zero-order valence-corrected chi connectivity index (χ0v) is 7.86. The largest absolute Gasteiger partial charge is 0.314 e. The van der Waals surface area contributed by atoms with E-state index in [1.165, 1.54) is 11.4 Å². The molecular formula is C10H11OSi. The van der Waals surface area contributed by atoms with Crippen LogP contribution in [0.25, 0.3) is 0 Å². The van der Waals surface area contributed by atoms with Gasteiger partial charge in [-0.15, -0.1) is 13.2 Å². The first-order valence-electron chi connectivity index (χ1n) is 3.76. The lowest BCUT2D eigenvalue weighted by atomic mass is 10.4. The molecule has 0 aliphatic heterocycles. The quantitative estimate of drug-likeness (QED) is 0.623. The van der Waals surface area contributed by atoms with Crippen LogP contribution in [-0.2, 0) is 4.80 Å². The van der Waals surface area contributed by atoms with Crippen molar-refractivity contribution in [3.63, 3.8) is 0 Å². The van der Waals surface area contributed by atoms with Crippen molar-refractivity contribution in [2.75, 3.05) is 0 Å². The third-order valence-electron chi connectivity index (χ3n) is 1.83. The van der Waals surface area contributed by atoms with Crippen LogP contribution in [0.5, 0.6) is 0 Å². The van der Waals surface area contributed by atoms with Gasteiger partial charge in [0, 0.05) is 0 Å². The van der Waals surface area contributed by atoms with E-state index in [1.54, 1.807) is 0 Å². The highest BCUT2D eigenvalue weighted by atomic mass is 28.4. The molecule has 0 unspecified atom stereocenters. The Bertz CT molecular complexity index is 271. The highest BCUT2D eigenvalue weighted by Crippen LogP contribution is 2.02. The minimum absolute atomic E-state index is 0.815. The van der Waals surface area contributed by atoms with Gasteiger partial charge in [-0.2, -0.15) is 0 Å². The van der Waals surface area contributed by atoms with E-state index in [0.29, 0.717) is 0 Å². The summed E-state index contributed by atoms with van der Waals surface area (Å²) in [5.74, 6) is 0. The first-order valence-corrected chi connectivity index (χ1v) is 5.82. The Kier molecular flexibility index (Phi) is 2.63. The molecule has 0 saturated carbocycles. The van der Waals surface area contributed by atoms with Gasteiger partial charge in [-0.25, -0.2) is 0 Å². The van der Waals surface area contributed by atoms with E-state index < -0.39 is 8.32 Å². The van der Waals surface area contributed by atoms with Crippen molar-refractivity contribution in [2.24, 2.45) is 0 Å². The molecule has 0 N–H and O–H groups in total. The van der Waals surface area contributed by atoms with Gasteiger partial charge in [0.15, 0.2) is 0 Å². The molecule has 0 aliphatic carbocycles. The van der Waals surface area contributed by atoms with E-state index in [9.17, 15) is 4.80 Å². The fourth-order valence-corrected chi connectivity index (χ4v) is 2.37. The molecule has 0 spiro atoms. The summed E-state index contributed by atoms with van der Waals surface area (Å²) in [6.07, 6.45) is 0. The Morgan fingerprint density at radius 1 is 1.08 bits per heavy atom. The van der Waals surface area contributed by atoms with E-state index in [4.69, 9.17) is 0 Å². The van der Waals surface area contributed by atoms with Crippen molar-refractivity contribution >= 4 is 13.5 Å². The van der Waals surface area contributed by atoms with Crippen LogP contribution >= 0.6 is 0 Å². The summed E-state index contributed by atoms with van der Waals surface area (Å²) in [5.41, 5.74) is 2.99. The summed E-state index contributed by atoms with van der Waals surface area (Å²) in [4.78, 5) is 11.9. The van der Waals surface area contributed by atoms with Gasteiger partial charge in [0.25, 0.3) is 0 Å². The van der Waals surface area contributed by atoms with E-state index in [-0.39, 0.29) is 0 Å². The summed E-state index contributed by atoms with van der Waals surface area (Å²) in [7, 11) is -2.80. The van der Waals surface area contributed by atoms with Gasteiger partial charge in [-0.3, -0.25) is 4.80 Å². The van der Waals surface area contributed by atoms with Gasteiger partial charge < -0.3 is 0 Å². The molecule has 1 nitrogen and oxygen atoms in total. The third kappa shape index (κ3) is 1.55. The standard InChI is InChI=1S/C10H11OSi/c1-3-12(11,4-2)10-8-6-5-7-9-10/h3-9H,1-2H2. The summed E-state index contributed by atoms with van der Waals surface area (Å²) >= 11 is 0. The van der Waals surface area contributed by atoms with Gasteiger partial charge >= 0.3 is 8.32 Å². The van der Waals surface area contributed by atoms with Gasteiger partial charge in [0.05, 0.1) is 0 Å². The average molecular weight is 175 g/mol. The lowest BCUT2D eigenvalue weighted by Gasteiger charge is -2.12. The van der Waals surface area contributed by atoms with Crippen LogP contribution in [0, 0.1) is 0 Å². The van der Waals surface area contributed by atoms with Crippen molar-refractivity contribution < 1.29 is 4.80 Å². The second-order valence-corrected chi connectivity index (χ2v) is 5.55. The average Bonchev–Trinajstić information content (AvgIpc) is 2.18. The van der Waals surface area contributed by atoms with Crippen LogP contribution in [0.3, 0.4) is 0 Å². The Balaban J connectivity index is 3.11. The highest BCUT2D eigenvalue weighted by molar-refractivity contribution is 6.93. The SMILES string of the molecule is C=C[Si]([O])(C=C)c1ccccc1. The summed E-state index contributed by atoms with van der Waals surface area (Å²) < 4.78 is 0. The highest BCUT2D eigenvalue weighted by Gasteiger charge is 2.27. The molecule has 0 bridgehead atoms. The lowest BCUT2D eigenvalue weighted by Crippen LogP contribution is -2.42. The zero-order valence-electron chi connectivity index (χ0n) is 6.86. The number of hydrogen-bond acceptors (Lipinski definition) is 0. The van der Waals surface area contributed by atoms with Gasteiger partial charge in [-0.05, 0) is 5.19 Å². The van der Waals surface area contributed by atoms with Crippen LogP contribution in [-0.4, -0.2) is 8.32 Å². The van der Waals surface area contributed by atoms with Gasteiger partial charge in [0.2, 0.25) is 0 Å². The van der Waals surface area contributed by atoms with Crippen LogP contribution < -0.4 is 5.19 Å². The first-order chi connectivity index (χ1) is 5.73. The van der Waals surface area contributed by atoms with Gasteiger partial charge in [-0.1, -0.05) is 41.7 Å². The molecule has 1 aromatic rings. The maximum atomic E-state index is 11.9. The summed E-state index contributed by atoms with van der Waals surface area (Å²) in [5, 5.41) is 0.815.